The van der Waals surface area contributed by atoms with Crippen LogP contribution in [0.2, 0.25) is 0 Å². The zero-order valence-electron chi connectivity index (χ0n) is 12.4. The van der Waals surface area contributed by atoms with Gasteiger partial charge in [-0.05, 0) is 43.9 Å². The van der Waals surface area contributed by atoms with E-state index in [1.165, 1.54) is 0 Å². The number of carbonyl (C=O) groups excluding carboxylic acids is 1. The van der Waals surface area contributed by atoms with Crippen LogP contribution in [0.15, 0.2) is 18.2 Å². The minimum absolute atomic E-state index is 0.0773. The lowest BCUT2D eigenvalue weighted by Crippen LogP contribution is -2.45. The standard InChI is InChI=1S/C15H24N2O2/c1-10(2)15(5,19)9-16-14(18)17-13-8-11(3)6-7-12(13)4/h6-8,10,19H,9H2,1-5H3,(H2,16,17,18). The largest absolute Gasteiger partial charge is 0.388 e. The molecule has 0 heterocycles. The SMILES string of the molecule is Cc1ccc(C)c(NC(=O)NCC(C)(O)C(C)C)c1. The van der Waals surface area contributed by atoms with Crippen molar-refractivity contribution >= 4 is 11.7 Å². The molecule has 1 atom stereocenters. The maximum atomic E-state index is 11.8. The van der Waals surface area contributed by atoms with Gasteiger partial charge in [0.2, 0.25) is 0 Å². The third-order valence-corrected chi connectivity index (χ3v) is 3.49. The molecular weight excluding hydrogens is 240 g/mol. The second-order valence-electron chi connectivity index (χ2n) is 5.64. The molecule has 0 saturated heterocycles. The number of amides is 2. The van der Waals surface area contributed by atoms with Gasteiger partial charge < -0.3 is 15.7 Å². The van der Waals surface area contributed by atoms with Gasteiger partial charge >= 0.3 is 6.03 Å². The second kappa shape index (κ2) is 6.06. The first-order valence-electron chi connectivity index (χ1n) is 6.57. The first kappa shape index (κ1) is 15.5. The number of hydrogen-bond donors (Lipinski definition) is 3. The van der Waals surface area contributed by atoms with Crippen LogP contribution < -0.4 is 10.6 Å². The molecule has 0 aliphatic rings. The van der Waals surface area contributed by atoms with Gasteiger partial charge in [-0.1, -0.05) is 26.0 Å². The monoisotopic (exact) mass is 264 g/mol. The molecule has 0 aromatic heterocycles. The Morgan fingerprint density at radius 3 is 2.58 bits per heavy atom. The molecule has 4 nitrogen and oxygen atoms in total. The topological polar surface area (TPSA) is 61.4 Å². The molecule has 0 aliphatic carbocycles. The molecule has 1 rings (SSSR count). The van der Waals surface area contributed by atoms with Crippen LogP contribution in [0, 0.1) is 19.8 Å². The minimum Gasteiger partial charge on any atom is -0.388 e. The summed E-state index contributed by atoms with van der Waals surface area (Å²) in [6.07, 6.45) is 0. The van der Waals surface area contributed by atoms with Crippen molar-refractivity contribution in [2.75, 3.05) is 11.9 Å². The highest BCUT2D eigenvalue weighted by molar-refractivity contribution is 5.90. The highest BCUT2D eigenvalue weighted by Crippen LogP contribution is 2.17. The van der Waals surface area contributed by atoms with Crippen molar-refractivity contribution in [3.8, 4) is 0 Å². The molecule has 0 aliphatic heterocycles. The first-order valence-corrected chi connectivity index (χ1v) is 6.57. The Labute approximate surface area is 115 Å². The number of nitrogens with one attached hydrogen (secondary N) is 2. The Morgan fingerprint density at radius 2 is 2.00 bits per heavy atom. The Kier molecular flexibility index (Phi) is 4.95. The fraction of sp³-hybridized carbons (Fsp3) is 0.533. The highest BCUT2D eigenvalue weighted by Gasteiger charge is 2.25. The number of aliphatic hydroxyl groups is 1. The van der Waals surface area contributed by atoms with Crippen LogP contribution in [-0.4, -0.2) is 23.3 Å². The van der Waals surface area contributed by atoms with E-state index in [0.717, 1.165) is 16.8 Å². The summed E-state index contributed by atoms with van der Waals surface area (Å²) in [6, 6.07) is 5.60. The molecule has 0 bridgehead atoms. The molecular formula is C15H24N2O2. The van der Waals surface area contributed by atoms with Crippen molar-refractivity contribution in [1.29, 1.82) is 0 Å². The molecule has 1 aromatic carbocycles. The summed E-state index contributed by atoms with van der Waals surface area (Å²) < 4.78 is 0. The molecule has 0 fully saturated rings. The van der Waals surface area contributed by atoms with Gasteiger partial charge in [0, 0.05) is 12.2 Å². The quantitative estimate of drug-likeness (QED) is 0.783. The Morgan fingerprint density at radius 1 is 1.37 bits per heavy atom. The summed E-state index contributed by atoms with van der Waals surface area (Å²) in [5.41, 5.74) is 1.99. The Hall–Kier alpha value is -1.55. The molecule has 1 aromatic rings. The second-order valence-corrected chi connectivity index (χ2v) is 5.64. The molecule has 0 saturated carbocycles. The maximum absolute atomic E-state index is 11.8. The summed E-state index contributed by atoms with van der Waals surface area (Å²) in [5.74, 6) is 0.0773. The Bertz CT molecular complexity index is 453. The summed E-state index contributed by atoms with van der Waals surface area (Å²) in [6.45, 7) is 9.71. The van der Waals surface area contributed by atoms with Gasteiger partial charge in [0.25, 0.3) is 0 Å². The first-order chi connectivity index (χ1) is 8.72. The van der Waals surface area contributed by atoms with Crippen LogP contribution >= 0.6 is 0 Å². The smallest absolute Gasteiger partial charge is 0.319 e. The molecule has 19 heavy (non-hydrogen) atoms. The lowest BCUT2D eigenvalue weighted by atomic mass is 9.93. The Balaban J connectivity index is 2.59. The van der Waals surface area contributed by atoms with Crippen LogP contribution in [0.4, 0.5) is 10.5 Å². The fourth-order valence-electron chi connectivity index (χ4n) is 1.50. The van der Waals surface area contributed by atoms with E-state index in [0.29, 0.717) is 0 Å². The normalized spacial score (nSPS) is 14.1. The minimum atomic E-state index is -0.904. The molecule has 0 radical (unpaired) electrons. The van der Waals surface area contributed by atoms with E-state index in [1.54, 1.807) is 6.92 Å². The molecule has 106 valence electrons. The number of rotatable bonds is 4. The van der Waals surface area contributed by atoms with Crippen molar-refractivity contribution in [2.24, 2.45) is 5.92 Å². The van der Waals surface area contributed by atoms with E-state index in [9.17, 15) is 9.90 Å². The van der Waals surface area contributed by atoms with Gasteiger partial charge in [0.1, 0.15) is 0 Å². The third-order valence-electron chi connectivity index (χ3n) is 3.49. The van der Waals surface area contributed by atoms with Crippen molar-refractivity contribution < 1.29 is 9.90 Å². The summed E-state index contributed by atoms with van der Waals surface area (Å²) in [7, 11) is 0. The van der Waals surface area contributed by atoms with Crippen LogP contribution in [-0.2, 0) is 0 Å². The number of benzene rings is 1. The number of anilines is 1. The van der Waals surface area contributed by atoms with Crippen molar-refractivity contribution in [2.45, 2.75) is 40.2 Å². The van der Waals surface area contributed by atoms with E-state index < -0.39 is 5.60 Å². The molecule has 0 spiro atoms. The average Bonchev–Trinajstić information content (AvgIpc) is 2.31. The highest BCUT2D eigenvalue weighted by atomic mass is 16.3. The van der Waals surface area contributed by atoms with Gasteiger partial charge in [0.15, 0.2) is 0 Å². The maximum Gasteiger partial charge on any atom is 0.319 e. The zero-order chi connectivity index (χ0) is 14.6. The lowest BCUT2D eigenvalue weighted by molar-refractivity contribution is 0.0170. The number of carbonyl (C=O) groups is 1. The number of urea groups is 1. The van der Waals surface area contributed by atoms with Gasteiger partial charge in [-0.25, -0.2) is 4.79 Å². The third kappa shape index (κ3) is 4.56. The van der Waals surface area contributed by atoms with Crippen LogP contribution in [0.25, 0.3) is 0 Å². The van der Waals surface area contributed by atoms with Crippen LogP contribution in [0.1, 0.15) is 31.9 Å². The van der Waals surface area contributed by atoms with E-state index >= 15 is 0 Å². The van der Waals surface area contributed by atoms with Crippen molar-refractivity contribution in [3.05, 3.63) is 29.3 Å². The summed E-state index contributed by atoms with van der Waals surface area (Å²) in [4.78, 5) is 11.8. The van der Waals surface area contributed by atoms with Gasteiger partial charge in [0.05, 0.1) is 5.60 Å². The van der Waals surface area contributed by atoms with Crippen molar-refractivity contribution in [1.82, 2.24) is 5.32 Å². The molecule has 3 N–H and O–H groups in total. The predicted octanol–water partition coefficient (Wildman–Crippen LogP) is 2.83. The van der Waals surface area contributed by atoms with E-state index in [4.69, 9.17) is 0 Å². The number of aryl methyl sites for hydroxylation is 2. The van der Waals surface area contributed by atoms with E-state index in [1.807, 2.05) is 45.9 Å². The average molecular weight is 264 g/mol. The molecule has 2 amide bonds. The molecule has 1 unspecified atom stereocenters. The fourth-order valence-corrected chi connectivity index (χ4v) is 1.50. The van der Waals surface area contributed by atoms with Crippen LogP contribution in [0.3, 0.4) is 0 Å². The van der Waals surface area contributed by atoms with Crippen LogP contribution in [0.5, 0.6) is 0 Å². The van der Waals surface area contributed by atoms with Gasteiger partial charge in [-0.3, -0.25) is 0 Å². The zero-order valence-corrected chi connectivity index (χ0v) is 12.4. The van der Waals surface area contributed by atoms with Gasteiger partial charge in [-0.15, -0.1) is 0 Å². The molecule has 4 heteroatoms. The van der Waals surface area contributed by atoms with Crippen molar-refractivity contribution in [3.63, 3.8) is 0 Å². The van der Waals surface area contributed by atoms with E-state index in [2.05, 4.69) is 10.6 Å². The number of hydrogen-bond acceptors (Lipinski definition) is 2. The summed E-state index contributed by atoms with van der Waals surface area (Å²) >= 11 is 0. The van der Waals surface area contributed by atoms with E-state index in [-0.39, 0.29) is 18.5 Å². The summed E-state index contributed by atoms with van der Waals surface area (Å²) in [5, 5.41) is 15.6. The van der Waals surface area contributed by atoms with Gasteiger partial charge in [-0.2, -0.15) is 0 Å². The lowest BCUT2D eigenvalue weighted by Gasteiger charge is -2.27. The predicted molar refractivity (Wildman–Crippen MR) is 78.4 cm³/mol.